The number of nitrogens with zero attached hydrogens (tertiary/aromatic N) is 1. The molecule has 1 spiro atoms. The van der Waals surface area contributed by atoms with Gasteiger partial charge in [-0.2, -0.15) is 0 Å². The Balaban J connectivity index is 1.84. The number of hydrogen-bond acceptors (Lipinski definition) is 3. The Kier molecular flexibility index (Phi) is 3.88. The largest absolute Gasteiger partial charge is 0.497 e. The van der Waals surface area contributed by atoms with E-state index in [2.05, 4.69) is 35.3 Å². The molecule has 1 aliphatic carbocycles. The average Bonchev–Trinajstić information content (AvgIpc) is 2.80. The first-order chi connectivity index (χ1) is 9.72. The average molecular weight is 274 g/mol. The number of methoxy groups -OCH3 is 1. The SMILES string of the molecule is COc1ccc(N2CCCNC3(CCCC3)C2)c(C)c1. The fourth-order valence-electron chi connectivity index (χ4n) is 3.83. The monoisotopic (exact) mass is 274 g/mol. The van der Waals surface area contributed by atoms with Crippen molar-refractivity contribution >= 4 is 5.69 Å². The van der Waals surface area contributed by atoms with E-state index in [4.69, 9.17) is 4.74 Å². The standard InChI is InChI=1S/C17H26N2O/c1-14-12-15(20-2)6-7-16(14)19-11-5-10-18-17(13-19)8-3-4-9-17/h6-7,12,18H,3-5,8-11,13H2,1-2H3. The predicted molar refractivity (Wildman–Crippen MR) is 83.8 cm³/mol. The van der Waals surface area contributed by atoms with Gasteiger partial charge in [0.25, 0.3) is 0 Å². The van der Waals surface area contributed by atoms with Gasteiger partial charge in [0.05, 0.1) is 7.11 Å². The topological polar surface area (TPSA) is 24.5 Å². The van der Waals surface area contributed by atoms with E-state index in [1.54, 1.807) is 7.11 Å². The molecule has 0 bridgehead atoms. The molecule has 0 unspecified atom stereocenters. The maximum atomic E-state index is 5.32. The van der Waals surface area contributed by atoms with E-state index < -0.39 is 0 Å². The van der Waals surface area contributed by atoms with Gasteiger partial charge in [0.15, 0.2) is 0 Å². The summed E-state index contributed by atoms with van der Waals surface area (Å²) in [6.45, 7) is 5.66. The molecule has 1 saturated carbocycles. The Hall–Kier alpha value is -1.22. The number of aryl methyl sites for hydroxylation is 1. The van der Waals surface area contributed by atoms with Crippen molar-refractivity contribution in [3.8, 4) is 5.75 Å². The molecule has 3 rings (SSSR count). The molecule has 1 saturated heterocycles. The molecule has 1 aromatic rings. The van der Waals surface area contributed by atoms with E-state index in [1.165, 1.54) is 43.4 Å². The summed E-state index contributed by atoms with van der Waals surface area (Å²) < 4.78 is 5.32. The maximum Gasteiger partial charge on any atom is 0.119 e. The molecule has 0 radical (unpaired) electrons. The summed E-state index contributed by atoms with van der Waals surface area (Å²) in [6.07, 6.45) is 6.65. The number of hydrogen-bond donors (Lipinski definition) is 1. The van der Waals surface area contributed by atoms with Crippen molar-refractivity contribution in [2.75, 3.05) is 31.6 Å². The van der Waals surface area contributed by atoms with Crippen molar-refractivity contribution < 1.29 is 4.74 Å². The fraction of sp³-hybridized carbons (Fsp3) is 0.647. The summed E-state index contributed by atoms with van der Waals surface area (Å²) in [7, 11) is 1.73. The first kappa shape index (κ1) is 13.7. The van der Waals surface area contributed by atoms with Gasteiger partial charge < -0.3 is 15.0 Å². The Labute approximate surface area is 122 Å². The Morgan fingerprint density at radius 2 is 2.00 bits per heavy atom. The van der Waals surface area contributed by atoms with Crippen LogP contribution in [0.4, 0.5) is 5.69 Å². The van der Waals surface area contributed by atoms with Gasteiger partial charge in [-0.3, -0.25) is 0 Å². The summed E-state index contributed by atoms with van der Waals surface area (Å²) >= 11 is 0. The zero-order valence-electron chi connectivity index (χ0n) is 12.7. The number of benzene rings is 1. The highest BCUT2D eigenvalue weighted by Gasteiger charge is 2.36. The van der Waals surface area contributed by atoms with Crippen LogP contribution >= 0.6 is 0 Å². The van der Waals surface area contributed by atoms with Crippen LogP contribution in [0.25, 0.3) is 0 Å². The highest BCUT2D eigenvalue weighted by molar-refractivity contribution is 5.56. The molecule has 1 heterocycles. The van der Waals surface area contributed by atoms with E-state index in [9.17, 15) is 0 Å². The first-order valence-corrected chi connectivity index (χ1v) is 7.87. The van der Waals surface area contributed by atoms with E-state index in [-0.39, 0.29) is 0 Å². The molecular formula is C17H26N2O. The lowest BCUT2D eigenvalue weighted by atomic mass is 9.96. The van der Waals surface area contributed by atoms with Crippen LogP contribution in [0.1, 0.15) is 37.7 Å². The minimum atomic E-state index is 0.364. The van der Waals surface area contributed by atoms with E-state index in [1.807, 2.05) is 0 Å². The van der Waals surface area contributed by atoms with E-state index >= 15 is 0 Å². The van der Waals surface area contributed by atoms with Crippen LogP contribution in [0.15, 0.2) is 18.2 Å². The van der Waals surface area contributed by atoms with Gasteiger partial charge in [-0.15, -0.1) is 0 Å². The molecular weight excluding hydrogens is 248 g/mol. The molecule has 2 aliphatic rings. The summed E-state index contributed by atoms with van der Waals surface area (Å²) in [5.41, 5.74) is 3.06. The molecule has 20 heavy (non-hydrogen) atoms. The van der Waals surface area contributed by atoms with Gasteiger partial charge in [-0.05, 0) is 56.5 Å². The highest BCUT2D eigenvalue weighted by atomic mass is 16.5. The number of nitrogens with one attached hydrogen (secondary N) is 1. The van der Waals surface area contributed by atoms with Gasteiger partial charge in [-0.25, -0.2) is 0 Å². The lowest BCUT2D eigenvalue weighted by molar-refractivity contribution is 0.354. The van der Waals surface area contributed by atoms with Crippen LogP contribution < -0.4 is 15.0 Å². The Bertz CT molecular complexity index is 466. The molecule has 3 nitrogen and oxygen atoms in total. The first-order valence-electron chi connectivity index (χ1n) is 7.87. The minimum Gasteiger partial charge on any atom is -0.497 e. The van der Waals surface area contributed by atoms with Gasteiger partial charge in [-0.1, -0.05) is 12.8 Å². The van der Waals surface area contributed by atoms with Crippen LogP contribution in [-0.2, 0) is 0 Å². The van der Waals surface area contributed by atoms with Crippen LogP contribution in [0.2, 0.25) is 0 Å². The normalized spacial score (nSPS) is 22.0. The molecule has 1 aliphatic heterocycles. The van der Waals surface area contributed by atoms with Gasteiger partial charge in [0.2, 0.25) is 0 Å². The smallest absolute Gasteiger partial charge is 0.119 e. The molecule has 3 heteroatoms. The Morgan fingerprint density at radius 3 is 2.70 bits per heavy atom. The maximum absolute atomic E-state index is 5.32. The minimum absolute atomic E-state index is 0.364. The summed E-state index contributed by atoms with van der Waals surface area (Å²) in [5, 5.41) is 3.83. The van der Waals surface area contributed by atoms with Gasteiger partial charge in [0.1, 0.15) is 5.75 Å². The van der Waals surface area contributed by atoms with Crippen LogP contribution in [0.3, 0.4) is 0 Å². The molecule has 0 aromatic heterocycles. The van der Waals surface area contributed by atoms with E-state index in [0.717, 1.165) is 25.4 Å². The van der Waals surface area contributed by atoms with Crippen LogP contribution in [0.5, 0.6) is 5.75 Å². The molecule has 2 fully saturated rings. The quantitative estimate of drug-likeness (QED) is 0.897. The lowest BCUT2D eigenvalue weighted by Gasteiger charge is -2.35. The van der Waals surface area contributed by atoms with Crippen LogP contribution in [0, 0.1) is 6.92 Å². The molecule has 1 N–H and O–H groups in total. The zero-order chi connectivity index (χ0) is 14.0. The summed E-state index contributed by atoms with van der Waals surface area (Å²) in [6, 6.07) is 6.46. The zero-order valence-corrected chi connectivity index (χ0v) is 12.7. The summed E-state index contributed by atoms with van der Waals surface area (Å²) in [5.74, 6) is 0.953. The van der Waals surface area contributed by atoms with Crippen molar-refractivity contribution in [1.29, 1.82) is 0 Å². The lowest BCUT2D eigenvalue weighted by Crippen LogP contribution is -2.49. The number of rotatable bonds is 2. The third-order valence-corrected chi connectivity index (χ3v) is 4.90. The number of ether oxygens (including phenoxy) is 1. The molecule has 110 valence electrons. The summed E-state index contributed by atoms with van der Waals surface area (Å²) in [4.78, 5) is 2.58. The fourth-order valence-corrected chi connectivity index (χ4v) is 3.83. The third kappa shape index (κ3) is 2.64. The second-order valence-corrected chi connectivity index (χ2v) is 6.34. The highest BCUT2D eigenvalue weighted by Crippen LogP contribution is 2.34. The van der Waals surface area contributed by atoms with E-state index in [0.29, 0.717) is 5.54 Å². The van der Waals surface area contributed by atoms with Gasteiger partial charge >= 0.3 is 0 Å². The number of anilines is 1. The third-order valence-electron chi connectivity index (χ3n) is 4.90. The van der Waals surface area contributed by atoms with Crippen molar-refractivity contribution in [3.05, 3.63) is 23.8 Å². The van der Waals surface area contributed by atoms with Crippen molar-refractivity contribution in [3.63, 3.8) is 0 Å². The van der Waals surface area contributed by atoms with Crippen molar-refractivity contribution in [2.45, 2.75) is 44.6 Å². The second-order valence-electron chi connectivity index (χ2n) is 6.34. The van der Waals surface area contributed by atoms with Crippen molar-refractivity contribution in [2.24, 2.45) is 0 Å². The van der Waals surface area contributed by atoms with Crippen LogP contribution in [-0.4, -0.2) is 32.3 Å². The van der Waals surface area contributed by atoms with Crippen molar-refractivity contribution in [1.82, 2.24) is 5.32 Å². The second kappa shape index (κ2) is 5.65. The van der Waals surface area contributed by atoms with Gasteiger partial charge in [0, 0.05) is 24.3 Å². The predicted octanol–water partition coefficient (Wildman–Crippen LogP) is 3.12. The molecule has 0 atom stereocenters. The molecule has 1 aromatic carbocycles. The Morgan fingerprint density at radius 1 is 1.20 bits per heavy atom. The molecule has 0 amide bonds.